The average molecular weight is 200 g/mol. The van der Waals surface area contributed by atoms with Gasteiger partial charge in [-0.1, -0.05) is 12.3 Å². The van der Waals surface area contributed by atoms with E-state index in [1.54, 1.807) is 0 Å². The van der Waals surface area contributed by atoms with E-state index in [1.807, 2.05) is 0 Å². The Hall–Kier alpha value is -0.330. The predicted molar refractivity (Wildman–Crippen MR) is 57.9 cm³/mol. The van der Waals surface area contributed by atoms with E-state index in [2.05, 4.69) is 26.6 Å². The minimum atomic E-state index is 1.33. The van der Waals surface area contributed by atoms with Gasteiger partial charge < -0.3 is 17.1 Å². The van der Waals surface area contributed by atoms with Crippen molar-refractivity contribution in [2.75, 3.05) is 26.7 Å². The summed E-state index contributed by atoms with van der Waals surface area (Å²) < 4.78 is 1.34. The Morgan fingerprint density at radius 2 is 1.77 bits per heavy atom. The Balaban J connectivity index is 0.000000424. The first-order valence-corrected chi connectivity index (χ1v) is 5.44. The van der Waals surface area contributed by atoms with Crippen LogP contribution >= 0.6 is 0 Å². The van der Waals surface area contributed by atoms with Gasteiger partial charge >= 0.3 is 0 Å². The Morgan fingerprint density at radius 1 is 1.31 bits per heavy atom. The van der Waals surface area contributed by atoms with Crippen LogP contribution in [0.15, 0.2) is 0 Å². The Kier molecular flexibility index (Phi) is 6.93. The first-order chi connectivity index (χ1) is 6.18. The molecule has 0 aliphatic carbocycles. The minimum Gasteiger partial charge on any atom is -0.696 e. The second-order valence-electron chi connectivity index (χ2n) is 3.94. The lowest BCUT2D eigenvalue weighted by Gasteiger charge is -2.37. The SMILES string of the molecule is CCC[N+]1(C)CCCCC1.N#C[S-]. The summed E-state index contributed by atoms with van der Waals surface area (Å²) in [6, 6.07) is 0. The van der Waals surface area contributed by atoms with Gasteiger partial charge in [0.2, 0.25) is 0 Å². The summed E-state index contributed by atoms with van der Waals surface area (Å²) in [5, 5.41) is 8.47. The van der Waals surface area contributed by atoms with E-state index in [0.29, 0.717) is 0 Å². The third-order valence-electron chi connectivity index (χ3n) is 2.66. The lowest BCUT2D eigenvalue weighted by molar-refractivity contribution is -0.914. The lowest BCUT2D eigenvalue weighted by atomic mass is 10.1. The molecule has 1 aliphatic heterocycles. The third kappa shape index (κ3) is 5.84. The maximum atomic E-state index is 7.13. The van der Waals surface area contributed by atoms with Gasteiger partial charge in [0.15, 0.2) is 0 Å². The van der Waals surface area contributed by atoms with Crippen LogP contribution in [0.4, 0.5) is 0 Å². The number of thiocyanates is 1. The van der Waals surface area contributed by atoms with E-state index in [1.165, 1.54) is 55.2 Å². The number of likely N-dealkylation sites (tertiary alicyclic amines) is 1. The molecule has 1 aliphatic rings. The fraction of sp³-hybridized carbons (Fsp3) is 0.900. The van der Waals surface area contributed by atoms with Crippen molar-refractivity contribution in [2.45, 2.75) is 32.6 Å². The Bertz CT molecular complexity index is 151. The summed E-state index contributed by atoms with van der Waals surface area (Å²) >= 11 is 3.70. The van der Waals surface area contributed by atoms with Crippen molar-refractivity contribution in [2.24, 2.45) is 0 Å². The van der Waals surface area contributed by atoms with Crippen LogP contribution in [-0.2, 0) is 12.6 Å². The summed E-state index contributed by atoms with van der Waals surface area (Å²) in [6.45, 7) is 6.53. The molecule has 0 N–H and O–H groups in total. The lowest BCUT2D eigenvalue weighted by Crippen LogP contribution is -2.48. The molecule has 1 saturated heterocycles. The molecule has 0 aromatic heterocycles. The molecule has 3 heteroatoms. The molecule has 0 radical (unpaired) electrons. The zero-order valence-corrected chi connectivity index (χ0v) is 9.57. The normalized spacial score (nSPS) is 19.5. The minimum absolute atomic E-state index is 1.33. The Labute approximate surface area is 87.5 Å². The quantitative estimate of drug-likeness (QED) is 0.387. The maximum absolute atomic E-state index is 7.13. The van der Waals surface area contributed by atoms with Gasteiger partial charge in [0.05, 0.1) is 26.7 Å². The van der Waals surface area contributed by atoms with Gasteiger partial charge in [-0.2, -0.15) is 0 Å². The van der Waals surface area contributed by atoms with Gasteiger partial charge in [0.1, 0.15) is 0 Å². The highest BCUT2D eigenvalue weighted by atomic mass is 32.1. The molecule has 13 heavy (non-hydrogen) atoms. The number of hydrogen-bond acceptors (Lipinski definition) is 2. The highest BCUT2D eigenvalue weighted by Crippen LogP contribution is 2.15. The largest absolute Gasteiger partial charge is 0.696 e. The zero-order chi connectivity index (χ0) is 10.2. The van der Waals surface area contributed by atoms with Crippen molar-refractivity contribution in [3.05, 3.63) is 0 Å². The number of hydrogen-bond donors (Lipinski definition) is 0. The molecular weight excluding hydrogens is 180 g/mol. The fourth-order valence-electron chi connectivity index (χ4n) is 2.04. The van der Waals surface area contributed by atoms with E-state index >= 15 is 0 Å². The van der Waals surface area contributed by atoms with Crippen LogP contribution in [0.25, 0.3) is 0 Å². The van der Waals surface area contributed by atoms with Crippen molar-refractivity contribution in [3.63, 3.8) is 0 Å². The van der Waals surface area contributed by atoms with Gasteiger partial charge in [0.25, 0.3) is 0 Å². The summed E-state index contributed by atoms with van der Waals surface area (Å²) in [4.78, 5) is 0. The number of quaternary nitrogens is 1. The molecule has 0 aromatic carbocycles. The smallest absolute Gasteiger partial charge is 0.0784 e. The zero-order valence-electron chi connectivity index (χ0n) is 8.75. The maximum Gasteiger partial charge on any atom is 0.0784 e. The highest BCUT2D eigenvalue weighted by Gasteiger charge is 2.22. The molecule has 76 valence electrons. The molecular formula is C10H20N2S. The van der Waals surface area contributed by atoms with Crippen LogP contribution in [0.1, 0.15) is 32.6 Å². The molecule has 0 unspecified atom stereocenters. The van der Waals surface area contributed by atoms with Gasteiger partial charge in [-0.15, -0.1) is 0 Å². The highest BCUT2D eigenvalue weighted by molar-refractivity contribution is 7.64. The van der Waals surface area contributed by atoms with Crippen LogP contribution in [0, 0.1) is 10.7 Å². The van der Waals surface area contributed by atoms with E-state index in [-0.39, 0.29) is 0 Å². The number of nitriles is 1. The third-order valence-corrected chi connectivity index (χ3v) is 2.66. The molecule has 0 aromatic rings. The van der Waals surface area contributed by atoms with Gasteiger partial charge in [-0.3, -0.25) is 0 Å². The van der Waals surface area contributed by atoms with Crippen LogP contribution in [-0.4, -0.2) is 31.2 Å². The summed E-state index contributed by atoms with van der Waals surface area (Å²) in [7, 11) is 2.41. The molecule has 0 saturated carbocycles. The van der Waals surface area contributed by atoms with E-state index in [0.717, 1.165) is 0 Å². The second kappa shape index (κ2) is 7.11. The van der Waals surface area contributed by atoms with E-state index < -0.39 is 0 Å². The van der Waals surface area contributed by atoms with Crippen molar-refractivity contribution in [3.8, 4) is 5.40 Å². The van der Waals surface area contributed by atoms with Crippen molar-refractivity contribution >= 4 is 12.6 Å². The number of rotatable bonds is 2. The number of piperidine rings is 1. The molecule has 0 atom stereocenters. The molecule has 1 rings (SSSR count). The topological polar surface area (TPSA) is 23.8 Å². The van der Waals surface area contributed by atoms with Crippen molar-refractivity contribution in [1.82, 2.24) is 0 Å². The van der Waals surface area contributed by atoms with Gasteiger partial charge in [-0.25, -0.2) is 5.26 Å². The van der Waals surface area contributed by atoms with Gasteiger partial charge in [0, 0.05) is 0 Å². The predicted octanol–water partition coefficient (Wildman–Crippen LogP) is 2.04. The molecule has 2 nitrogen and oxygen atoms in total. The summed E-state index contributed by atoms with van der Waals surface area (Å²) in [5.41, 5.74) is 0. The van der Waals surface area contributed by atoms with E-state index in [9.17, 15) is 0 Å². The standard InChI is InChI=1S/C9H20N.CHNS/c1-3-7-10(2)8-5-4-6-9-10;2-1-3/h3-9H2,1-2H3;3H/q+1;/p-1. The summed E-state index contributed by atoms with van der Waals surface area (Å²) in [5.74, 6) is 0. The van der Waals surface area contributed by atoms with Crippen molar-refractivity contribution in [1.29, 1.82) is 5.26 Å². The first kappa shape index (κ1) is 12.7. The van der Waals surface area contributed by atoms with Crippen LogP contribution in [0.5, 0.6) is 0 Å². The molecule has 0 spiro atoms. The monoisotopic (exact) mass is 200 g/mol. The van der Waals surface area contributed by atoms with Crippen molar-refractivity contribution < 1.29 is 4.48 Å². The second-order valence-corrected chi connectivity index (χ2v) is 4.12. The van der Waals surface area contributed by atoms with E-state index in [4.69, 9.17) is 5.26 Å². The van der Waals surface area contributed by atoms with Crippen LogP contribution < -0.4 is 0 Å². The number of nitrogens with zero attached hydrogens (tertiary/aromatic N) is 2. The van der Waals surface area contributed by atoms with Gasteiger partial charge in [-0.05, 0) is 25.7 Å². The molecule has 0 bridgehead atoms. The first-order valence-electron chi connectivity index (χ1n) is 5.03. The summed E-state index contributed by atoms with van der Waals surface area (Å²) in [6.07, 6.45) is 5.72. The fourth-order valence-corrected chi connectivity index (χ4v) is 2.04. The molecule has 0 amide bonds. The van der Waals surface area contributed by atoms with Crippen LogP contribution in [0.3, 0.4) is 0 Å². The molecule has 1 fully saturated rings. The average Bonchev–Trinajstić information content (AvgIpc) is 2.06. The molecule has 1 heterocycles. The Morgan fingerprint density at radius 3 is 2.15 bits per heavy atom. The van der Waals surface area contributed by atoms with Crippen LogP contribution in [0.2, 0.25) is 0 Å².